The van der Waals surface area contributed by atoms with E-state index in [0.29, 0.717) is 6.04 Å². The molecule has 1 saturated heterocycles. The lowest BCUT2D eigenvalue weighted by Crippen LogP contribution is -2.53. The Morgan fingerprint density at radius 3 is 2.47 bits per heavy atom. The van der Waals surface area contributed by atoms with Gasteiger partial charge < -0.3 is 5.11 Å². The lowest BCUT2D eigenvalue weighted by molar-refractivity contribution is 0.0547. The molecule has 1 fully saturated rings. The Bertz CT molecular complexity index is 880. The van der Waals surface area contributed by atoms with E-state index in [1.54, 1.807) is 0 Å². The molecule has 3 aromatic rings. The number of hydrogen-bond acceptors (Lipinski definition) is 4. The Kier molecular flexibility index (Phi) is 7.29. The molecule has 0 bridgehead atoms. The van der Waals surface area contributed by atoms with Crippen LogP contribution < -0.4 is 0 Å². The van der Waals surface area contributed by atoms with E-state index in [2.05, 4.69) is 63.6 Å². The molecule has 158 valence electrons. The lowest BCUT2D eigenvalue weighted by Gasteiger charge is -2.41. The van der Waals surface area contributed by atoms with Crippen LogP contribution in [-0.2, 0) is 13.0 Å². The number of para-hydroxylation sites is 1. The molecule has 0 spiro atoms. The SMILES string of the molecule is OCC[C@H]1CN(Cc2cnn(-c3ccccc3)c2)CCN1CCCc1ccccc1. The van der Waals surface area contributed by atoms with Gasteiger partial charge in [-0.3, -0.25) is 9.80 Å². The molecular formula is C25H32N4O. The maximum Gasteiger partial charge on any atom is 0.0645 e. The first-order valence-corrected chi connectivity index (χ1v) is 11.0. The average molecular weight is 405 g/mol. The maximum absolute atomic E-state index is 9.59. The van der Waals surface area contributed by atoms with Gasteiger partial charge >= 0.3 is 0 Å². The van der Waals surface area contributed by atoms with Crippen LogP contribution in [0, 0.1) is 0 Å². The van der Waals surface area contributed by atoms with Crippen molar-refractivity contribution in [3.05, 3.63) is 84.2 Å². The molecule has 4 rings (SSSR count). The Hall–Kier alpha value is -2.47. The van der Waals surface area contributed by atoms with Crippen LogP contribution in [0.5, 0.6) is 0 Å². The molecule has 0 aliphatic carbocycles. The van der Waals surface area contributed by atoms with Crippen molar-refractivity contribution in [2.75, 3.05) is 32.8 Å². The van der Waals surface area contributed by atoms with Crippen molar-refractivity contribution in [3.8, 4) is 5.69 Å². The predicted octanol–water partition coefficient (Wildman–Crippen LogP) is 3.37. The highest BCUT2D eigenvalue weighted by molar-refractivity contribution is 5.30. The molecule has 30 heavy (non-hydrogen) atoms. The number of aromatic nitrogens is 2. The van der Waals surface area contributed by atoms with E-state index in [1.807, 2.05) is 29.1 Å². The van der Waals surface area contributed by atoms with Crippen molar-refractivity contribution in [1.29, 1.82) is 0 Å². The van der Waals surface area contributed by atoms with E-state index in [9.17, 15) is 5.11 Å². The van der Waals surface area contributed by atoms with Gasteiger partial charge in [-0.2, -0.15) is 5.10 Å². The second-order valence-corrected chi connectivity index (χ2v) is 8.16. The second kappa shape index (κ2) is 10.5. The van der Waals surface area contributed by atoms with Crippen LogP contribution in [0.25, 0.3) is 5.69 Å². The Morgan fingerprint density at radius 2 is 1.70 bits per heavy atom. The van der Waals surface area contributed by atoms with Crippen molar-refractivity contribution in [1.82, 2.24) is 19.6 Å². The molecule has 0 amide bonds. The summed E-state index contributed by atoms with van der Waals surface area (Å²) in [6.07, 6.45) is 7.22. The molecule has 0 saturated carbocycles. The number of aliphatic hydroxyl groups excluding tert-OH is 1. The normalized spacial score (nSPS) is 18.0. The van der Waals surface area contributed by atoms with Crippen molar-refractivity contribution in [3.63, 3.8) is 0 Å². The number of aryl methyl sites for hydroxylation is 1. The van der Waals surface area contributed by atoms with E-state index >= 15 is 0 Å². The minimum absolute atomic E-state index is 0.250. The van der Waals surface area contributed by atoms with Crippen LogP contribution in [0.2, 0.25) is 0 Å². The summed E-state index contributed by atoms with van der Waals surface area (Å²) in [5, 5.41) is 14.1. The highest BCUT2D eigenvalue weighted by Gasteiger charge is 2.26. The van der Waals surface area contributed by atoms with Crippen LogP contribution >= 0.6 is 0 Å². The van der Waals surface area contributed by atoms with Gasteiger partial charge in [-0.1, -0.05) is 48.5 Å². The molecule has 1 aromatic heterocycles. The molecule has 1 atom stereocenters. The Balaban J connectivity index is 1.30. The summed E-state index contributed by atoms with van der Waals surface area (Å²) in [6, 6.07) is 21.4. The zero-order valence-electron chi connectivity index (χ0n) is 17.6. The second-order valence-electron chi connectivity index (χ2n) is 8.16. The van der Waals surface area contributed by atoms with E-state index in [-0.39, 0.29) is 6.61 Å². The molecule has 0 radical (unpaired) electrons. The zero-order chi connectivity index (χ0) is 20.6. The van der Waals surface area contributed by atoms with Crippen LogP contribution in [0.15, 0.2) is 73.1 Å². The highest BCUT2D eigenvalue weighted by Crippen LogP contribution is 2.17. The summed E-state index contributed by atoms with van der Waals surface area (Å²) >= 11 is 0. The predicted molar refractivity (Wildman–Crippen MR) is 121 cm³/mol. The lowest BCUT2D eigenvalue weighted by atomic mass is 10.1. The number of piperazine rings is 1. The summed E-state index contributed by atoms with van der Waals surface area (Å²) < 4.78 is 1.94. The zero-order valence-corrected chi connectivity index (χ0v) is 17.6. The maximum atomic E-state index is 9.59. The highest BCUT2D eigenvalue weighted by atomic mass is 16.3. The van der Waals surface area contributed by atoms with Gasteiger partial charge in [0.25, 0.3) is 0 Å². The topological polar surface area (TPSA) is 44.5 Å². The minimum atomic E-state index is 0.250. The number of nitrogens with zero attached hydrogens (tertiary/aromatic N) is 4. The van der Waals surface area contributed by atoms with Gasteiger partial charge in [0, 0.05) is 50.6 Å². The fourth-order valence-corrected chi connectivity index (χ4v) is 4.37. The number of hydrogen-bond donors (Lipinski definition) is 1. The van der Waals surface area contributed by atoms with Gasteiger partial charge in [0.15, 0.2) is 0 Å². The van der Waals surface area contributed by atoms with Crippen LogP contribution in [0.3, 0.4) is 0 Å². The van der Waals surface area contributed by atoms with Crippen molar-refractivity contribution < 1.29 is 5.11 Å². The molecule has 1 aliphatic heterocycles. The molecule has 5 heteroatoms. The van der Waals surface area contributed by atoms with Gasteiger partial charge in [-0.05, 0) is 43.5 Å². The van der Waals surface area contributed by atoms with Crippen molar-refractivity contribution in [2.24, 2.45) is 0 Å². The fraction of sp³-hybridized carbons (Fsp3) is 0.400. The number of benzene rings is 2. The third kappa shape index (κ3) is 5.57. The summed E-state index contributed by atoms with van der Waals surface area (Å²) in [7, 11) is 0. The largest absolute Gasteiger partial charge is 0.396 e. The third-order valence-corrected chi connectivity index (χ3v) is 5.97. The van der Waals surface area contributed by atoms with E-state index in [4.69, 9.17) is 0 Å². The molecule has 1 aliphatic rings. The molecule has 2 aromatic carbocycles. The Labute approximate surface area is 179 Å². The summed E-state index contributed by atoms with van der Waals surface area (Å²) in [4.78, 5) is 5.07. The first-order chi connectivity index (χ1) is 14.8. The summed E-state index contributed by atoms with van der Waals surface area (Å²) in [5.41, 5.74) is 3.73. The summed E-state index contributed by atoms with van der Waals surface area (Å²) in [6.45, 7) is 5.38. The van der Waals surface area contributed by atoms with Crippen molar-refractivity contribution in [2.45, 2.75) is 31.8 Å². The Morgan fingerprint density at radius 1 is 0.933 bits per heavy atom. The molecule has 5 nitrogen and oxygen atoms in total. The third-order valence-electron chi connectivity index (χ3n) is 5.97. The van der Waals surface area contributed by atoms with Gasteiger partial charge in [-0.15, -0.1) is 0 Å². The first kappa shape index (κ1) is 20.8. The van der Waals surface area contributed by atoms with Gasteiger partial charge in [-0.25, -0.2) is 4.68 Å². The minimum Gasteiger partial charge on any atom is -0.396 e. The van der Waals surface area contributed by atoms with Crippen molar-refractivity contribution >= 4 is 0 Å². The van der Waals surface area contributed by atoms with Crippen LogP contribution in [0.4, 0.5) is 0 Å². The fourth-order valence-electron chi connectivity index (χ4n) is 4.37. The van der Waals surface area contributed by atoms with Gasteiger partial charge in [0.1, 0.15) is 0 Å². The number of aliphatic hydroxyl groups is 1. The van der Waals surface area contributed by atoms with E-state index in [1.165, 1.54) is 11.1 Å². The first-order valence-electron chi connectivity index (χ1n) is 11.0. The van der Waals surface area contributed by atoms with Crippen LogP contribution in [-0.4, -0.2) is 63.5 Å². The average Bonchev–Trinajstić information content (AvgIpc) is 3.25. The van der Waals surface area contributed by atoms with Gasteiger partial charge in [0.05, 0.1) is 11.9 Å². The standard InChI is InChI=1S/C25H32N4O/c30-17-13-25-21-27(15-16-28(25)14-7-10-22-8-3-1-4-9-22)19-23-18-26-29(20-23)24-11-5-2-6-12-24/h1-6,8-9,11-12,18,20,25,30H,7,10,13-17,19,21H2/t25-/m0/s1. The monoisotopic (exact) mass is 404 g/mol. The van der Waals surface area contributed by atoms with E-state index in [0.717, 1.165) is 57.7 Å². The van der Waals surface area contributed by atoms with Gasteiger partial charge in [0.2, 0.25) is 0 Å². The van der Waals surface area contributed by atoms with Crippen LogP contribution in [0.1, 0.15) is 24.0 Å². The molecular weight excluding hydrogens is 372 g/mol. The van der Waals surface area contributed by atoms with E-state index < -0.39 is 0 Å². The quantitative estimate of drug-likeness (QED) is 0.594. The number of rotatable bonds is 9. The molecule has 1 N–H and O–H groups in total. The molecule has 0 unspecified atom stereocenters. The summed E-state index contributed by atoms with van der Waals surface area (Å²) in [5.74, 6) is 0. The smallest absolute Gasteiger partial charge is 0.0645 e. The molecule has 2 heterocycles.